The van der Waals surface area contributed by atoms with Crippen LogP contribution in [-0.2, 0) is 6.42 Å². The second kappa shape index (κ2) is 6.51. The third-order valence-corrected chi connectivity index (χ3v) is 4.45. The fraction of sp³-hybridized carbons (Fsp3) is 0.333. The number of nitrogens with one attached hydrogen (secondary N) is 1. The molecule has 128 valence electrons. The van der Waals surface area contributed by atoms with Crippen LogP contribution in [0, 0.1) is 0 Å². The highest BCUT2D eigenvalue weighted by Gasteiger charge is 2.31. The van der Waals surface area contributed by atoms with Crippen LogP contribution >= 0.6 is 0 Å². The Balaban J connectivity index is 1.65. The summed E-state index contributed by atoms with van der Waals surface area (Å²) in [5.74, 6) is 1.37. The third-order valence-electron chi connectivity index (χ3n) is 4.45. The van der Waals surface area contributed by atoms with E-state index in [0.29, 0.717) is 11.6 Å². The maximum Gasteiger partial charge on any atom is 0.252 e. The first-order valence-corrected chi connectivity index (χ1v) is 8.49. The van der Waals surface area contributed by atoms with Crippen molar-refractivity contribution in [3.05, 3.63) is 58.3 Å². The standard InChI is InChI=1S/C18H19N5O2/c1-2-12-10-17(24)21-18(20-12)23-9-5-7-15(23)16-11-14(22-25-16)13-6-3-4-8-19-13/h3-4,6,8,10-11,15H,2,5,7,9H2,1H3,(H,20,21,24). The van der Waals surface area contributed by atoms with Gasteiger partial charge < -0.3 is 9.42 Å². The summed E-state index contributed by atoms with van der Waals surface area (Å²) in [6, 6.07) is 9.17. The van der Waals surface area contributed by atoms with Gasteiger partial charge in [-0.15, -0.1) is 0 Å². The van der Waals surface area contributed by atoms with E-state index in [2.05, 4.69) is 25.0 Å². The normalized spacial score (nSPS) is 17.2. The van der Waals surface area contributed by atoms with Crippen molar-refractivity contribution in [2.24, 2.45) is 0 Å². The van der Waals surface area contributed by atoms with E-state index in [1.807, 2.05) is 31.2 Å². The number of nitrogens with zero attached hydrogens (tertiary/aromatic N) is 4. The molecule has 0 radical (unpaired) electrons. The lowest BCUT2D eigenvalue weighted by molar-refractivity contribution is 0.362. The summed E-state index contributed by atoms with van der Waals surface area (Å²) < 4.78 is 5.59. The summed E-state index contributed by atoms with van der Waals surface area (Å²) >= 11 is 0. The number of aryl methyl sites for hydroxylation is 1. The quantitative estimate of drug-likeness (QED) is 0.787. The minimum Gasteiger partial charge on any atom is -0.358 e. The van der Waals surface area contributed by atoms with Gasteiger partial charge in [0.2, 0.25) is 5.95 Å². The lowest BCUT2D eigenvalue weighted by Gasteiger charge is -2.23. The molecule has 7 nitrogen and oxygen atoms in total. The summed E-state index contributed by atoms with van der Waals surface area (Å²) in [7, 11) is 0. The van der Waals surface area contributed by atoms with Crippen LogP contribution in [0.3, 0.4) is 0 Å². The summed E-state index contributed by atoms with van der Waals surface area (Å²) in [6.07, 6.45) is 4.39. The van der Waals surface area contributed by atoms with Gasteiger partial charge in [0.1, 0.15) is 5.69 Å². The molecule has 4 heterocycles. The highest BCUT2D eigenvalue weighted by atomic mass is 16.5. The van der Waals surface area contributed by atoms with Crippen LogP contribution in [0.5, 0.6) is 0 Å². The molecule has 1 saturated heterocycles. The van der Waals surface area contributed by atoms with E-state index >= 15 is 0 Å². The van der Waals surface area contributed by atoms with Crippen molar-refractivity contribution in [2.75, 3.05) is 11.4 Å². The van der Waals surface area contributed by atoms with E-state index in [1.165, 1.54) is 0 Å². The number of hydrogen-bond donors (Lipinski definition) is 1. The van der Waals surface area contributed by atoms with Crippen LogP contribution in [-0.4, -0.2) is 26.7 Å². The van der Waals surface area contributed by atoms with Crippen molar-refractivity contribution in [1.29, 1.82) is 0 Å². The van der Waals surface area contributed by atoms with Crippen molar-refractivity contribution in [2.45, 2.75) is 32.2 Å². The molecule has 1 N–H and O–H groups in total. The molecule has 3 aromatic heterocycles. The number of pyridine rings is 1. The number of aromatic amines is 1. The van der Waals surface area contributed by atoms with Gasteiger partial charge in [-0.25, -0.2) is 4.98 Å². The van der Waals surface area contributed by atoms with Crippen LogP contribution in [0.1, 0.15) is 37.3 Å². The van der Waals surface area contributed by atoms with Crippen molar-refractivity contribution >= 4 is 5.95 Å². The molecular weight excluding hydrogens is 318 g/mol. The predicted molar refractivity (Wildman–Crippen MR) is 93.3 cm³/mol. The van der Waals surface area contributed by atoms with Crippen LogP contribution in [0.15, 0.2) is 45.8 Å². The Bertz CT molecular complexity index is 918. The fourth-order valence-electron chi connectivity index (χ4n) is 3.21. The van der Waals surface area contributed by atoms with E-state index in [-0.39, 0.29) is 11.6 Å². The van der Waals surface area contributed by atoms with Crippen LogP contribution < -0.4 is 10.5 Å². The molecule has 0 amide bonds. The van der Waals surface area contributed by atoms with Gasteiger partial charge in [-0.1, -0.05) is 18.1 Å². The molecule has 1 unspecified atom stereocenters. The van der Waals surface area contributed by atoms with Gasteiger partial charge in [0.25, 0.3) is 5.56 Å². The smallest absolute Gasteiger partial charge is 0.252 e. The van der Waals surface area contributed by atoms with Gasteiger partial charge >= 0.3 is 0 Å². The highest BCUT2D eigenvalue weighted by molar-refractivity contribution is 5.54. The Kier molecular flexibility index (Phi) is 4.05. The predicted octanol–water partition coefficient (Wildman–Crippen LogP) is 2.72. The topological polar surface area (TPSA) is 87.9 Å². The molecule has 4 rings (SSSR count). The van der Waals surface area contributed by atoms with E-state index in [1.54, 1.807) is 12.3 Å². The zero-order chi connectivity index (χ0) is 17.2. The van der Waals surface area contributed by atoms with E-state index in [0.717, 1.165) is 43.0 Å². The Hall–Kier alpha value is -2.96. The molecule has 7 heteroatoms. The third kappa shape index (κ3) is 3.05. The number of anilines is 1. The Labute approximate surface area is 144 Å². The molecule has 0 saturated carbocycles. The lowest BCUT2D eigenvalue weighted by atomic mass is 10.1. The minimum absolute atomic E-state index is 0.0141. The minimum atomic E-state index is -0.126. The molecule has 1 fully saturated rings. The zero-order valence-corrected chi connectivity index (χ0v) is 14.0. The first-order chi connectivity index (χ1) is 12.2. The molecule has 3 aromatic rings. The van der Waals surface area contributed by atoms with Crippen molar-refractivity contribution in [3.63, 3.8) is 0 Å². The molecule has 0 aromatic carbocycles. The first kappa shape index (κ1) is 15.6. The molecule has 0 spiro atoms. The van der Waals surface area contributed by atoms with Crippen LogP contribution in [0.25, 0.3) is 11.4 Å². The van der Waals surface area contributed by atoms with E-state index < -0.39 is 0 Å². The molecule has 25 heavy (non-hydrogen) atoms. The van der Waals surface area contributed by atoms with Crippen LogP contribution in [0.4, 0.5) is 5.95 Å². The molecule has 1 aliphatic rings. The Morgan fingerprint density at radius 2 is 2.24 bits per heavy atom. The van der Waals surface area contributed by atoms with Gasteiger partial charge in [-0.2, -0.15) is 0 Å². The van der Waals surface area contributed by atoms with Gasteiger partial charge in [0, 0.05) is 30.6 Å². The molecule has 0 bridgehead atoms. The number of aromatic nitrogens is 4. The highest BCUT2D eigenvalue weighted by Crippen LogP contribution is 2.35. The van der Waals surface area contributed by atoms with Gasteiger partial charge in [0.05, 0.1) is 11.7 Å². The molecule has 0 aliphatic carbocycles. The summed E-state index contributed by atoms with van der Waals surface area (Å²) in [5.41, 5.74) is 2.16. The van der Waals surface area contributed by atoms with Crippen molar-refractivity contribution in [1.82, 2.24) is 20.1 Å². The Morgan fingerprint density at radius 1 is 1.32 bits per heavy atom. The molecule has 1 aliphatic heterocycles. The monoisotopic (exact) mass is 337 g/mol. The molecule has 1 atom stereocenters. The fourth-order valence-corrected chi connectivity index (χ4v) is 3.21. The average molecular weight is 337 g/mol. The summed E-state index contributed by atoms with van der Waals surface area (Å²) in [4.78, 5) is 25.7. The second-order valence-corrected chi connectivity index (χ2v) is 6.09. The number of hydrogen-bond acceptors (Lipinski definition) is 6. The van der Waals surface area contributed by atoms with Gasteiger partial charge in [-0.3, -0.25) is 14.8 Å². The maximum atomic E-state index is 11.9. The maximum absolute atomic E-state index is 11.9. The van der Waals surface area contributed by atoms with Gasteiger partial charge in [0.15, 0.2) is 5.76 Å². The van der Waals surface area contributed by atoms with Gasteiger partial charge in [-0.05, 0) is 31.4 Å². The van der Waals surface area contributed by atoms with Crippen LogP contribution in [0.2, 0.25) is 0 Å². The summed E-state index contributed by atoms with van der Waals surface area (Å²) in [5, 5.41) is 4.15. The van der Waals surface area contributed by atoms with Crippen molar-refractivity contribution < 1.29 is 4.52 Å². The lowest BCUT2D eigenvalue weighted by Crippen LogP contribution is -2.27. The SMILES string of the molecule is CCc1cc(=O)[nH]c(N2CCCC2c2cc(-c3ccccn3)no2)n1. The number of H-pyrrole nitrogens is 1. The summed E-state index contributed by atoms with van der Waals surface area (Å²) in [6.45, 7) is 2.81. The largest absolute Gasteiger partial charge is 0.358 e. The second-order valence-electron chi connectivity index (χ2n) is 6.09. The average Bonchev–Trinajstić information content (AvgIpc) is 3.31. The van der Waals surface area contributed by atoms with E-state index in [9.17, 15) is 4.79 Å². The van der Waals surface area contributed by atoms with E-state index in [4.69, 9.17) is 4.52 Å². The van der Waals surface area contributed by atoms with Crippen molar-refractivity contribution in [3.8, 4) is 11.4 Å². The number of rotatable bonds is 4. The molecular formula is C18H19N5O2. The zero-order valence-electron chi connectivity index (χ0n) is 14.0. The Morgan fingerprint density at radius 3 is 3.04 bits per heavy atom. The first-order valence-electron chi connectivity index (χ1n) is 8.49.